The normalized spacial score (nSPS) is 16.2. The summed E-state index contributed by atoms with van der Waals surface area (Å²) in [5.41, 5.74) is 5.75. The predicted octanol–water partition coefficient (Wildman–Crippen LogP) is 1.64. The smallest absolute Gasteiger partial charge is 0.324 e. The van der Waals surface area contributed by atoms with Gasteiger partial charge in [0.1, 0.15) is 0 Å². The Hall–Kier alpha value is -1.18. The van der Waals surface area contributed by atoms with Crippen LogP contribution in [-0.4, -0.2) is 34.9 Å². The summed E-state index contributed by atoms with van der Waals surface area (Å²) in [5, 5.41) is 10.5. The molecule has 0 saturated carbocycles. The summed E-state index contributed by atoms with van der Waals surface area (Å²) in [6.07, 6.45) is 1.58. The van der Waals surface area contributed by atoms with Crippen LogP contribution in [-0.2, 0) is 0 Å². The van der Waals surface area contributed by atoms with Crippen molar-refractivity contribution in [1.82, 2.24) is 4.90 Å². The summed E-state index contributed by atoms with van der Waals surface area (Å²) in [7, 11) is 0. The molecule has 6 nitrogen and oxygen atoms in total. The lowest BCUT2D eigenvalue weighted by molar-refractivity contribution is -0.380. The van der Waals surface area contributed by atoms with Crippen LogP contribution < -0.4 is 5.73 Å². The molecule has 1 saturated heterocycles. The predicted molar refractivity (Wildman–Crippen MR) is 71.3 cm³/mol. The fraction of sp³-hybridized carbons (Fsp3) is 0.500. The first-order chi connectivity index (χ1) is 8.08. The highest BCUT2D eigenvalue weighted by molar-refractivity contribution is 7.17. The fourth-order valence-electron chi connectivity index (χ4n) is 1.80. The molecule has 1 aromatic rings. The van der Waals surface area contributed by atoms with Gasteiger partial charge in [-0.15, -0.1) is 12.4 Å². The highest BCUT2D eigenvalue weighted by Gasteiger charge is 2.24. The Kier molecular flexibility index (Phi) is 5.06. The van der Waals surface area contributed by atoms with Gasteiger partial charge in [-0.3, -0.25) is 14.9 Å². The number of likely N-dealkylation sites (tertiary alicyclic amines) is 1. The number of hydrogen-bond acceptors (Lipinski definition) is 5. The van der Waals surface area contributed by atoms with Crippen LogP contribution in [0.25, 0.3) is 0 Å². The van der Waals surface area contributed by atoms with Crippen LogP contribution in [0, 0.1) is 10.1 Å². The molecule has 2 rings (SSSR count). The molecular weight excluding hydrogens is 278 g/mol. The minimum Gasteiger partial charge on any atom is -0.338 e. The second-order valence-electron chi connectivity index (χ2n) is 4.02. The average Bonchev–Trinajstić information content (AvgIpc) is 2.78. The number of amides is 1. The third-order valence-electron chi connectivity index (χ3n) is 2.81. The molecule has 0 unspecified atom stereocenters. The molecule has 0 aromatic carbocycles. The Morgan fingerprint density at radius 3 is 2.56 bits per heavy atom. The molecule has 1 fully saturated rings. The fourth-order valence-corrected chi connectivity index (χ4v) is 2.59. The summed E-state index contributed by atoms with van der Waals surface area (Å²) in [5.74, 6) is -0.130. The quantitative estimate of drug-likeness (QED) is 0.662. The molecule has 0 aliphatic carbocycles. The van der Waals surface area contributed by atoms with Crippen LogP contribution in [0.4, 0.5) is 5.00 Å². The van der Waals surface area contributed by atoms with E-state index in [1.807, 2.05) is 0 Å². The third-order valence-corrected chi connectivity index (χ3v) is 3.83. The Labute approximate surface area is 114 Å². The van der Waals surface area contributed by atoms with E-state index >= 15 is 0 Å². The van der Waals surface area contributed by atoms with Crippen molar-refractivity contribution in [3.63, 3.8) is 0 Å². The maximum atomic E-state index is 12.0. The first kappa shape index (κ1) is 14.9. The van der Waals surface area contributed by atoms with Gasteiger partial charge in [-0.25, -0.2) is 0 Å². The third kappa shape index (κ3) is 3.18. The van der Waals surface area contributed by atoms with Gasteiger partial charge in [-0.05, 0) is 18.9 Å². The number of carbonyl (C=O) groups excluding carboxylic acids is 1. The van der Waals surface area contributed by atoms with E-state index in [2.05, 4.69) is 0 Å². The van der Waals surface area contributed by atoms with Crippen molar-refractivity contribution in [2.24, 2.45) is 5.73 Å². The van der Waals surface area contributed by atoms with Gasteiger partial charge in [0.25, 0.3) is 5.91 Å². The molecule has 0 spiro atoms. The average molecular weight is 292 g/mol. The van der Waals surface area contributed by atoms with Crippen molar-refractivity contribution in [3.05, 3.63) is 27.1 Å². The monoisotopic (exact) mass is 291 g/mol. The van der Waals surface area contributed by atoms with Crippen LogP contribution in [0.3, 0.4) is 0 Å². The summed E-state index contributed by atoms with van der Waals surface area (Å²) < 4.78 is 0. The molecule has 2 heterocycles. The zero-order valence-corrected chi connectivity index (χ0v) is 11.2. The topological polar surface area (TPSA) is 89.5 Å². The molecule has 0 bridgehead atoms. The van der Waals surface area contributed by atoms with Gasteiger partial charge in [-0.1, -0.05) is 11.3 Å². The number of nitrogens with zero attached hydrogens (tertiary/aromatic N) is 2. The van der Waals surface area contributed by atoms with Crippen molar-refractivity contribution >= 4 is 34.7 Å². The van der Waals surface area contributed by atoms with E-state index in [-0.39, 0.29) is 29.4 Å². The van der Waals surface area contributed by atoms with Crippen LogP contribution >= 0.6 is 23.7 Å². The molecule has 1 aliphatic heterocycles. The maximum Gasteiger partial charge on any atom is 0.324 e. The lowest BCUT2D eigenvalue weighted by atomic mass is 10.1. The molecular formula is C10H14ClN3O3S. The van der Waals surface area contributed by atoms with E-state index in [0.717, 1.165) is 24.2 Å². The Morgan fingerprint density at radius 1 is 1.44 bits per heavy atom. The van der Waals surface area contributed by atoms with Crippen LogP contribution in [0.15, 0.2) is 12.1 Å². The summed E-state index contributed by atoms with van der Waals surface area (Å²) in [6.45, 7) is 1.26. The first-order valence-corrected chi connectivity index (χ1v) is 6.18. The number of thiophene rings is 1. The van der Waals surface area contributed by atoms with Crippen molar-refractivity contribution in [3.8, 4) is 0 Å². The van der Waals surface area contributed by atoms with E-state index in [4.69, 9.17) is 5.73 Å². The van der Waals surface area contributed by atoms with Gasteiger partial charge in [0.15, 0.2) is 0 Å². The minimum absolute atomic E-state index is 0. The van der Waals surface area contributed by atoms with Crippen LogP contribution in [0.1, 0.15) is 22.5 Å². The summed E-state index contributed by atoms with van der Waals surface area (Å²) in [4.78, 5) is 24.2. The number of nitro groups is 1. The van der Waals surface area contributed by atoms with Gasteiger partial charge in [0, 0.05) is 25.2 Å². The first-order valence-electron chi connectivity index (χ1n) is 5.37. The van der Waals surface area contributed by atoms with Crippen molar-refractivity contribution in [1.29, 1.82) is 0 Å². The van der Waals surface area contributed by atoms with Gasteiger partial charge in [0.05, 0.1) is 9.80 Å². The molecule has 1 amide bonds. The molecule has 0 radical (unpaired) electrons. The van der Waals surface area contributed by atoms with E-state index in [0.29, 0.717) is 18.0 Å². The van der Waals surface area contributed by atoms with Crippen LogP contribution in [0.5, 0.6) is 0 Å². The lowest BCUT2D eigenvalue weighted by Gasteiger charge is -2.29. The highest BCUT2D eigenvalue weighted by Crippen LogP contribution is 2.25. The lowest BCUT2D eigenvalue weighted by Crippen LogP contribution is -2.42. The molecule has 18 heavy (non-hydrogen) atoms. The van der Waals surface area contributed by atoms with Crippen molar-refractivity contribution < 1.29 is 9.72 Å². The highest BCUT2D eigenvalue weighted by atomic mass is 35.5. The molecule has 0 atom stereocenters. The number of halogens is 1. The minimum atomic E-state index is -0.479. The molecule has 100 valence electrons. The standard InChI is InChI=1S/C10H13N3O3S.ClH/c11-7-3-5-12(6-4-7)10(14)8-1-2-9(17-8)13(15)16;/h1-2,7H,3-6,11H2;1H. The Morgan fingerprint density at radius 2 is 2.06 bits per heavy atom. The van der Waals surface area contributed by atoms with Gasteiger partial charge in [-0.2, -0.15) is 0 Å². The van der Waals surface area contributed by atoms with E-state index in [1.54, 1.807) is 4.90 Å². The second-order valence-corrected chi connectivity index (χ2v) is 5.09. The largest absolute Gasteiger partial charge is 0.338 e. The van der Waals surface area contributed by atoms with Crippen LogP contribution in [0.2, 0.25) is 0 Å². The Bertz CT molecular complexity index is 443. The van der Waals surface area contributed by atoms with Crippen molar-refractivity contribution in [2.75, 3.05) is 13.1 Å². The van der Waals surface area contributed by atoms with E-state index in [1.165, 1.54) is 12.1 Å². The number of piperidine rings is 1. The van der Waals surface area contributed by atoms with E-state index in [9.17, 15) is 14.9 Å². The van der Waals surface area contributed by atoms with E-state index < -0.39 is 4.92 Å². The molecule has 1 aliphatic rings. The summed E-state index contributed by atoms with van der Waals surface area (Å²) in [6, 6.07) is 3.05. The van der Waals surface area contributed by atoms with Gasteiger partial charge in [0.2, 0.25) is 0 Å². The molecule has 8 heteroatoms. The van der Waals surface area contributed by atoms with Crippen molar-refractivity contribution in [2.45, 2.75) is 18.9 Å². The SMILES string of the molecule is Cl.NC1CCN(C(=O)c2ccc([N+](=O)[O-])s2)CC1. The Balaban J connectivity index is 0.00000162. The maximum absolute atomic E-state index is 12.0. The molecule has 1 aromatic heterocycles. The summed E-state index contributed by atoms with van der Waals surface area (Å²) >= 11 is 0.922. The second kappa shape index (κ2) is 6.12. The van der Waals surface area contributed by atoms with Gasteiger partial charge >= 0.3 is 5.00 Å². The number of nitrogens with two attached hydrogens (primary N) is 1. The zero-order chi connectivity index (χ0) is 12.4. The number of rotatable bonds is 2. The number of carbonyl (C=O) groups is 1. The zero-order valence-electron chi connectivity index (χ0n) is 9.57. The molecule has 2 N–H and O–H groups in total. The number of hydrogen-bond donors (Lipinski definition) is 1. The van der Waals surface area contributed by atoms with Gasteiger partial charge < -0.3 is 10.6 Å².